The normalized spacial score (nSPS) is 13.4. The number of carbonyl (C=O) groups is 4. The van der Waals surface area contributed by atoms with Crippen LogP contribution >= 0.6 is 0 Å². The Morgan fingerprint density at radius 1 is 0.853 bits per heavy atom. The van der Waals surface area contributed by atoms with E-state index < -0.39 is 36.3 Å². The molecular formula is C27H24N2O5. The van der Waals surface area contributed by atoms with Crippen molar-refractivity contribution in [3.63, 3.8) is 0 Å². The first kappa shape index (κ1) is 22.9. The van der Waals surface area contributed by atoms with Crippen molar-refractivity contribution in [2.24, 2.45) is 0 Å². The molecule has 7 nitrogen and oxygen atoms in total. The lowest BCUT2D eigenvalue weighted by atomic mass is 10.0. The van der Waals surface area contributed by atoms with Crippen LogP contribution in [0.2, 0.25) is 0 Å². The molecule has 0 aliphatic carbocycles. The molecule has 1 N–H and O–H groups in total. The molecule has 1 aliphatic rings. The lowest BCUT2D eigenvalue weighted by molar-refractivity contribution is -0.151. The van der Waals surface area contributed by atoms with Gasteiger partial charge in [-0.1, -0.05) is 67.6 Å². The summed E-state index contributed by atoms with van der Waals surface area (Å²) in [5, 5.41) is 2.74. The predicted octanol–water partition coefficient (Wildman–Crippen LogP) is 3.64. The molecule has 0 saturated heterocycles. The monoisotopic (exact) mass is 456 g/mol. The molecular weight excluding hydrogens is 432 g/mol. The molecule has 172 valence electrons. The number of aryl methyl sites for hydroxylation is 1. The van der Waals surface area contributed by atoms with Gasteiger partial charge >= 0.3 is 5.97 Å². The summed E-state index contributed by atoms with van der Waals surface area (Å²) in [4.78, 5) is 52.5. The van der Waals surface area contributed by atoms with Gasteiger partial charge in [-0.3, -0.25) is 19.3 Å². The average molecular weight is 456 g/mol. The summed E-state index contributed by atoms with van der Waals surface area (Å²) in [5.41, 5.74) is 2.84. The van der Waals surface area contributed by atoms with E-state index in [9.17, 15) is 19.2 Å². The van der Waals surface area contributed by atoms with Gasteiger partial charge in [0.15, 0.2) is 6.61 Å². The summed E-state index contributed by atoms with van der Waals surface area (Å²) in [6, 6.07) is 21.6. The number of esters is 1. The van der Waals surface area contributed by atoms with Gasteiger partial charge < -0.3 is 10.1 Å². The van der Waals surface area contributed by atoms with Crippen molar-refractivity contribution in [3.05, 3.63) is 101 Å². The maximum atomic E-state index is 13.1. The summed E-state index contributed by atoms with van der Waals surface area (Å²) in [5.74, 6) is -2.44. The second kappa shape index (κ2) is 10.1. The Morgan fingerprint density at radius 3 is 2.09 bits per heavy atom. The van der Waals surface area contributed by atoms with Crippen molar-refractivity contribution in [2.45, 2.75) is 25.8 Å². The third kappa shape index (κ3) is 4.73. The van der Waals surface area contributed by atoms with E-state index in [2.05, 4.69) is 5.32 Å². The van der Waals surface area contributed by atoms with E-state index in [1.165, 1.54) is 0 Å². The first-order chi connectivity index (χ1) is 16.5. The molecule has 3 amide bonds. The highest BCUT2D eigenvalue weighted by Gasteiger charge is 2.43. The van der Waals surface area contributed by atoms with E-state index in [1.807, 2.05) is 25.1 Å². The van der Waals surface area contributed by atoms with Crippen LogP contribution in [-0.4, -0.2) is 41.2 Å². The molecule has 0 radical (unpaired) electrons. The number of carbonyl (C=O) groups excluding carboxylic acids is 4. The van der Waals surface area contributed by atoms with Crippen molar-refractivity contribution >= 4 is 29.4 Å². The van der Waals surface area contributed by atoms with E-state index in [-0.39, 0.29) is 17.5 Å². The zero-order chi connectivity index (χ0) is 24.1. The maximum Gasteiger partial charge on any atom is 0.330 e. The van der Waals surface area contributed by atoms with E-state index in [0.29, 0.717) is 5.69 Å². The summed E-state index contributed by atoms with van der Waals surface area (Å²) in [6.07, 6.45) is 0.806. The van der Waals surface area contributed by atoms with E-state index >= 15 is 0 Å². The topological polar surface area (TPSA) is 92.8 Å². The molecule has 3 aromatic carbocycles. The Bertz CT molecular complexity index is 1200. The van der Waals surface area contributed by atoms with Crippen molar-refractivity contribution in [2.75, 3.05) is 11.9 Å². The van der Waals surface area contributed by atoms with E-state index in [4.69, 9.17) is 4.74 Å². The second-order valence-corrected chi connectivity index (χ2v) is 7.90. The van der Waals surface area contributed by atoms with Crippen LogP contribution in [0.15, 0.2) is 78.9 Å². The van der Waals surface area contributed by atoms with Gasteiger partial charge in [-0.05, 0) is 35.7 Å². The number of amides is 3. The number of ether oxygens (including phenoxy) is 1. The molecule has 7 heteroatoms. The van der Waals surface area contributed by atoms with Crippen LogP contribution in [0.5, 0.6) is 0 Å². The van der Waals surface area contributed by atoms with Crippen molar-refractivity contribution in [1.29, 1.82) is 0 Å². The summed E-state index contributed by atoms with van der Waals surface area (Å²) >= 11 is 0. The SMILES string of the molecule is CCc1ccccc1NC(=O)COC(=O)[C@@H](Cc1ccccc1)N1C(=O)c2ccccc2C1=O. The van der Waals surface area contributed by atoms with Crippen molar-refractivity contribution in [3.8, 4) is 0 Å². The first-order valence-corrected chi connectivity index (χ1v) is 11.0. The zero-order valence-electron chi connectivity index (χ0n) is 18.7. The number of para-hydroxylation sites is 1. The molecule has 0 fully saturated rings. The number of nitrogens with one attached hydrogen (secondary N) is 1. The first-order valence-electron chi connectivity index (χ1n) is 11.0. The van der Waals surface area contributed by atoms with Gasteiger partial charge in [0.2, 0.25) is 0 Å². The van der Waals surface area contributed by atoms with Crippen molar-refractivity contribution in [1.82, 2.24) is 4.90 Å². The van der Waals surface area contributed by atoms with Crippen LogP contribution in [0.4, 0.5) is 5.69 Å². The molecule has 0 saturated carbocycles. The highest BCUT2D eigenvalue weighted by molar-refractivity contribution is 6.22. The number of fused-ring (bicyclic) bond motifs is 1. The van der Waals surface area contributed by atoms with Crippen LogP contribution in [0.25, 0.3) is 0 Å². The van der Waals surface area contributed by atoms with Gasteiger partial charge in [-0.2, -0.15) is 0 Å². The lowest BCUT2D eigenvalue weighted by Gasteiger charge is -2.24. The van der Waals surface area contributed by atoms with E-state index in [0.717, 1.165) is 22.4 Å². The molecule has 4 rings (SSSR count). The fourth-order valence-corrected chi connectivity index (χ4v) is 3.98. The minimum atomic E-state index is -1.20. The van der Waals surface area contributed by atoms with Gasteiger partial charge in [0, 0.05) is 12.1 Å². The van der Waals surface area contributed by atoms with Gasteiger partial charge in [0.1, 0.15) is 6.04 Å². The number of nitrogens with zero attached hydrogens (tertiary/aromatic N) is 1. The van der Waals surface area contributed by atoms with Crippen LogP contribution in [0, 0.1) is 0 Å². The molecule has 3 aromatic rings. The number of imide groups is 1. The number of anilines is 1. The second-order valence-electron chi connectivity index (χ2n) is 7.90. The number of benzene rings is 3. The highest BCUT2D eigenvalue weighted by Crippen LogP contribution is 2.26. The lowest BCUT2D eigenvalue weighted by Crippen LogP contribution is -2.47. The molecule has 1 heterocycles. The molecule has 1 atom stereocenters. The smallest absolute Gasteiger partial charge is 0.330 e. The Kier molecular flexibility index (Phi) is 6.82. The quantitative estimate of drug-likeness (QED) is 0.413. The number of hydrogen-bond donors (Lipinski definition) is 1. The fraction of sp³-hybridized carbons (Fsp3) is 0.185. The Morgan fingerprint density at radius 2 is 1.44 bits per heavy atom. The van der Waals surface area contributed by atoms with Gasteiger partial charge in [-0.25, -0.2) is 4.79 Å². The summed E-state index contributed by atoms with van der Waals surface area (Å²) in [6.45, 7) is 1.44. The summed E-state index contributed by atoms with van der Waals surface area (Å²) in [7, 11) is 0. The predicted molar refractivity (Wildman–Crippen MR) is 126 cm³/mol. The minimum Gasteiger partial charge on any atom is -0.454 e. The third-order valence-electron chi connectivity index (χ3n) is 5.70. The Balaban J connectivity index is 1.51. The maximum absolute atomic E-state index is 13.1. The third-order valence-corrected chi connectivity index (χ3v) is 5.70. The van der Waals surface area contributed by atoms with Crippen molar-refractivity contribution < 1.29 is 23.9 Å². The molecule has 0 aromatic heterocycles. The molecule has 0 unspecified atom stereocenters. The van der Waals surface area contributed by atoms with Gasteiger partial charge in [0.25, 0.3) is 17.7 Å². The fourth-order valence-electron chi connectivity index (χ4n) is 3.98. The van der Waals surface area contributed by atoms with Crippen LogP contribution in [-0.2, 0) is 27.2 Å². The van der Waals surface area contributed by atoms with Crippen LogP contribution < -0.4 is 5.32 Å². The number of rotatable bonds is 8. The van der Waals surface area contributed by atoms with E-state index in [1.54, 1.807) is 60.7 Å². The number of hydrogen-bond acceptors (Lipinski definition) is 5. The largest absolute Gasteiger partial charge is 0.454 e. The zero-order valence-corrected chi connectivity index (χ0v) is 18.7. The van der Waals surface area contributed by atoms with Gasteiger partial charge in [0.05, 0.1) is 11.1 Å². The molecule has 34 heavy (non-hydrogen) atoms. The summed E-state index contributed by atoms with van der Waals surface area (Å²) < 4.78 is 5.29. The Hall–Kier alpha value is -4.26. The highest BCUT2D eigenvalue weighted by atomic mass is 16.5. The molecule has 0 spiro atoms. The van der Waals surface area contributed by atoms with Gasteiger partial charge in [-0.15, -0.1) is 0 Å². The van der Waals surface area contributed by atoms with Crippen LogP contribution in [0.3, 0.4) is 0 Å². The average Bonchev–Trinajstić information content (AvgIpc) is 3.12. The minimum absolute atomic E-state index is 0.0748. The van der Waals surface area contributed by atoms with Crippen LogP contribution in [0.1, 0.15) is 38.8 Å². The molecule has 1 aliphatic heterocycles. The molecule has 0 bridgehead atoms. The Labute approximate surface area is 197 Å². The standard InChI is InChI=1S/C27H24N2O5/c1-2-19-12-6-9-15-22(19)28-24(30)17-34-27(33)23(16-18-10-4-3-5-11-18)29-25(31)20-13-7-8-14-21(20)26(29)32/h3-15,23H,2,16-17H2,1H3,(H,28,30)/t23-/m1/s1.